The Bertz CT molecular complexity index is 1200. The summed E-state index contributed by atoms with van der Waals surface area (Å²) >= 11 is 0. The Hall–Kier alpha value is -3.03. The van der Waals surface area contributed by atoms with Crippen molar-refractivity contribution in [1.29, 1.82) is 0 Å². The van der Waals surface area contributed by atoms with Crippen molar-refractivity contribution in [2.45, 2.75) is 50.6 Å². The van der Waals surface area contributed by atoms with Crippen LogP contribution in [0.5, 0.6) is 0 Å². The summed E-state index contributed by atoms with van der Waals surface area (Å²) in [5.74, 6) is -0.147. The molecule has 0 bridgehead atoms. The molecule has 1 saturated heterocycles. The molecule has 1 fully saturated rings. The van der Waals surface area contributed by atoms with Crippen molar-refractivity contribution in [3.05, 3.63) is 95.3 Å². The van der Waals surface area contributed by atoms with Gasteiger partial charge in [0.15, 0.2) is 0 Å². The van der Waals surface area contributed by atoms with Gasteiger partial charge in [-0.25, -0.2) is 8.42 Å². The average Bonchev–Trinajstić information content (AvgIpc) is 3.16. The fourth-order valence-electron chi connectivity index (χ4n) is 4.29. The monoisotopic (exact) mass is 477 g/mol. The van der Waals surface area contributed by atoms with Crippen molar-refractivity contribution in [2.75, 3.05) is 13.1 Å². The van der Waals surface area contributed by atoms with E-state index in [0.717, 1.165) is 42.4 Å². The molecule has 34 heavy (non-hydrogen) atoms. The van der Waals surface area contributed by atoms with E-state index in [1.807, 2.05) is 43.3 Å². The van der Waals surface area contributed by atoms with E-state index in [1.54, 1.807) is 45.9 Å². The molecule has 6 nitrogen and oxygen atoms in total. The molecule has 1 aliphatic rings. The summed E-state index contributed by atoms with van der Waals surface area (Å²) in [6.45, 7) is 4.00. The molecule has 2 heterocycles. The fourth-order valence-corrected chi connectivity index (χ4v) is 5.80. The predicted octanol–water partition coefficient (Wildman–Crippen LogP) is 4.80. The summed E-state index contributed by atoms with van der Waals surface area (Å²) in [7, 11) is -3.55. The summed E-state index contributed by atoms with van der Waals surface area (Å²) in [4.78, 5) is 19.7. The molecule has 2 aromatic carbocycles. The Morgan fingerprint density at radius 2 is 1.62 bits per heavy atom. The van der Waals surface area contributed by atoms with Crippen LogP contribution >= 0.6 is 0 Å². The van der Waals surface area contributed by atoms with E-state index < -0.39 is 10.0 Å². The lowest BCUT2D eigenvalue weighted by Gasteiger charge is -2.24. The second-order valence-corrected chi connectivity index (χ2v) is 10.7. The summed E-state index contributed by atoms with van der Waals surface area (Å²) in [6.07, 6.45) is 7.37. The molecule has 0 N–H and O–H groups in total. The van der Waals surface area contributed by atoms with Crippen molar-refractivity contribution in [1.82, 2.24) is 14.2 Å². The number of hydrogen-bond acceptors (Lipinski definition) is 4. The molecule has 178 valence electrons. The van der Waals surface area contributed by atoms with Crippen LogP contribution < -0.4 is 0 Å². The molecular formula is C27H31N3O3S. The molecule has 1 aliphatic heterocycles. The Morgan fingerprint density at radius 1 is 0.912 bits per heavy atom. The van der Waals surface area contributed by atoms with Crippen molar-refractivity contribution in [3.63, 3.8) is 0 Å². The number of nitrogens with zero attached hydrogens (tertiary/aromatic N) is 3. The number of rotatable bonds is 7. The molecule has 0 spiro atoms. The lowest BCUT2D eigenvalue weighted by atomic mass is 10.1. The minimum atomic E-state index is -3.55. The van der Waals surface area contributed by atoms with Crippen molar-refractivity contribution in [3.8, 4) is 0 Å². The number of benzene rings is 2. The zero-order valence-corrected chi connectivity index (χ0v) is 20.4. The van der Waals surface area contributed by atoms with Gasteiger partial charge < -0.3 is 4.90 Å². The number of hydrogen-bond donors (Lipinski definition) is 0. The summed E-state index contributed by atoms with van der Waals surface area (Å²) in [5, 5.41) is 0. The Kier molecular flexibility index (Phi) is 7.75. The molecule has 0 radical (unpaired) electrons. The Morgan fingerprint density at radius 3 is 2.26 bits per heavy atom. The zero-order chi connectivity index (χ0) is 24.0. The quantitative estimate of drug-likeness (QED) is 0.490. The van der Waals surface area contributed by atoms with Gasteiger partial charge in [-0.15, -0.1) is 0 Å². The molecule has 0 saturated carbocycles. The highest BCUT2D eigenvalue weighted by atomic mass is 32.2. The number of pyridine rings is 1. The number of sulfonamides is 1. The maximum atomic E-state index is 13.5. The first kappa shape index (κ1) is 24.1. The van der Waals surface area contributed by atoms with E-state index in [-0.39, 0.29) is 10.8 Å². The zero-order valence-electron chi connectivity index (χ0n) is 19.6. The smallest absolute Gasteiger partial charge is 0.254 e. The molecule has 0 atom stereocenters. The third-order valence-electron chi connectivity index (χ3n) is 6.31. The van der Waals surface area contributed by atoms with Crippen LogP contribution in [-0.2, 0) is 23.1 Å². The van der Waals surface area contributed by atoms with E-state index in [1.165, 1.54) is 0 Å². The minimum Gasteiger partial charge on any atom is -0.330 e. The number of carbonyl (C=O) groups is 1. The lowest BCUT2D eigenvalue weighted by Crippen LogP contribution is -2.32. The molecule has 1 aromatic heterocycles. The summed E-state index contributed by atoms with van der Waals surface area (Å²) < 4.78 is 27.8. The van der Waals surface area contributed by atoms with Gasteiger partial charge in [-0.05, 0) is 66.8 Å². The molecule has 0 unspecified atom stereocenters. The van der Waals surface area contributed by atoms with Gasteiger partial charge in [0.25, 0.3) is 5.91 Å². The van der Waals surface area contributed by atoms with Gasteiger partial charge in [-0.2, -0.15) is 4.31 Å². The van der Waals surface area contributed by atoms with Gasteiger partial charge in [0.05, 0.1) is 4.90 Å². The van der Waals surface area contributed by atoms with Crippen LogP contribution in [0.1, 0.15) is 52.7 Å². The highest BCUT2D eigenvalue weighted by Crippen LogP contribution is 2.22. The first-order valence-corrected chi connectivity index (χ1v) is 13.2. The van der Waals surface area contributed by atoms with Crippen LogP contribution in [0, 0.1) is 6.92 Å². The maximum Gasteiger partial charge on any atom is 0.254 e. The van der Waals surface area contributed by atoms with E-state index in [2.05, 4.69) is 4.98 Å². The van der Waals surface area contributed by atoms with Gasteiger partial charge in [0, 0.05) is 44.1 Å². The van der Waals surface area contributed by atoms with Crippen LogP contribution in [-0.4, -0.2) is 41.6 Å². The fraction of sp³-hybridized carbons (Fsp3) is 0.333. The molecule has 1 amide bonds. The summed E-state index contributed by atoms with van der Waals surface area (Å²) in [5.41, 5.74) is 3.59. The van der Waals surface area contributed by atoms with Crippen LogP contribution in [0.2, 0.25) is 0 Å². The minimum absolute atomic E-state index is 0.147. The van der Waals surface area contributed by atoms with E-state index in [9.17, 15) is 13.2 Å². The number of carbonyl (C=O) groups excluding carboxylic acids is 1. The second-order valence-electron chi connectivity index (χ2n) is 8.79. The molecule has 3 aromatic rings. The van der Waals surface area contributed by atoms with Gasteiger partial charge in [-0.3, -0.25) is 9.78 Å². The highest BCUT2D eigenvalue weighted by molar-refractivity contribution is 7.89. The second kappa shape index (κ2) is 10.9. The third-order valence-corrected chi connectivity index (χ3v) is 8.22. The number of aryl methyl sites for hydroxylation is 1. The first-order valence-electron chi connectivity index (χ1n) is 11.8. The van der Waals surface area contributed by atoms with Crippen molar-refractivity contribution < 1.29 is 13.2 Å². The van der Waals surface area contributed by atoms with Crippen LogP contribution in [0.3, 0.4) is 0 Å². The predicted molar refractivity (Wildman–Crippen MR) is 133 cm³/mol. The van der Waals surface area contributed by atoms with Gasteiger partial charge in [-0.1, -0.05) is 43.2 Å². The molecule has 7 heteroatoms. The van der Waals surface area contributed by atoms with Crippen LogP contribution in [0.15, 0.2) is 78.0 Å². The van der Waals surface area contributed by atoms with Crippen molar-refractivity contribution >= 4 is 15.9 Å². The largest absolute Gasteiger partial charge is 0.330 e. The summed E-state index contributed by atoms with van der Waals surface area (Å²) in [6, 6.07) is 18.2. The van der Waals surface area contributed by atoms with E-state index >= 15 is 0 Å². The maximum absolute atomic E-state index is 13.5. The van der Waals surface area contributed by atoms with Gasteiger partial charge >= 0.3 is 0 Å². The first-order chi connectivity index (χ1) is 16.4. The SMILES string of the molecule is Cc1ccccc1CN(Cc1cccnc1)C(=O)c1ccc(S(=O)(=O)N2CCCCCC2)cc1. The van der Waals surface area contributed by atoms with Crippen LogP contribution in [0.4, 0.5) is 0 Å². The average molecular weight is 478 g/mol. The molecule has 0 aliphatic carbocycles. The van der Waals surface area contributed by atoms with E-state index in [4.69, 9.17) is 0 Å². The standard InChI is InChI=1S/C27H31N3O3S/c1-22-9-4-5-11-25(22)21-29(20-23-10-8-16-28-19-23)27(31)24-12-14-26(15-13-24)34(32,33)30-17-6-2-3-7-18-30/h4-5,8-16,19H,2-3,6-7,17-18,20-21H2,1H3. The molecule has 4 rings (SSSR count). The topological polar surface area (TPSA) is 70.6 Å². The van der Waals surface area contributed by atoms with Crippen molar-refractivity contribution in [2.24, 2.45) is 0 Å². The molecular weight excluding hydrogens is 446 g/mol. The van der Waals surface area contributed by atoms with Gasteiger partial charge in [0.2, 0.25) is 10.0 Å². The number of aromatic nitrogens is 1. The Balaban J connectivity index is 1.57. The third kappa shape index (κ3) is 5.72. The lowest BCUT2D eigenvalue weighted by molar-refractivity contribution is 0.0729. The highest BCUT2D eigenvalue weighted by Gasteiger charge is 2.26. The normalized spacial score (nSPS) is 15.0. The number of amides is 1. The van der Waals surface area contributed by atoms with Crippen LogP contribution in [0.25, 0.3) is 0 Å². The van der Waals surface area contributed by atoms with Gasteiger partial charge in [0.1, 0.15) is 0 Å². The Labute approximate surface area is 202 Å². The van der Waals surface area contributed by atoms with E-state index in [0.29, 0.717) is 31.7 Å².